The number of alkyl halides is 1. The molecule has 0 aromatic heterocycles. The number of hydrogen-bond donors (Lipinski definition) is 0. The van der Waals surface area contributed by atoms with Gasteiger partial charge in [0.1, 0.15) is 11.5 Å². The molecule has 3 atom stereocenters. The SMILES string of the molecule is C[C@]1(CCCOC(=O)CCl)OC(=O)C[C@@H]2CC[C@H]1O2. The number of carbonyl (C=O) groups excluding carboxylic acids is 2. The number of hydrogen-bond acceptors (Lipinski definition) is 5. The van der Waals surface area contributed by atoms with Crippen molar-refractivity contribution in [3.63, 3.8) is 0 Å². The Balaban J connectivity index is 1.85. The minimum absolute atomic E-state index is 0.00778. The summed E-state index contributed by atoms with van der Waals surface area (Å²) in [5.41, 5.74) is -0.615. The van der Waals surface area contributed by atoms with Crippen molar-refractivity contribution in [3.8, 4) is 0 Å². The van der Waals surface area contributed by atoms with Crippen molar-refractivity contribution in [2.75, 3.05) is 12.5 Å². The maximum absolute atomic E-state index is 11.7. The lowest BCUT2D eigenvalue weighted by atomic mass is 9.90. The number of cyclic esters (lactones) is 1. The molecule has 2 rings (SSSR count). The van der Waals surface area contributed by atoms with Crippen LogP contribution in [0.5, 0.6) is 0 Å². The van der Waals surface area contributed by atoms with Crippen molar-refractivity contribution in [2.24, 2.45) is 0 Å². The second-order valence-corrected chi connectivity index (χ2v) is 5.54. The first-order valence-electron chi connectivity index (χ1n) is 6.62. The third-order valence-corrected chi connectivity index (χ3v) is 3.94. The predicted octanol–water partition coefficient (Wildman–Crippen LogP) is 1.80. The van der Waals surface area contributed by atoms with E-state index in [1.807, 2.05) is 6.92 Å². The summed E-state index contributed by atoms with van der Waals surface area (Å²) in [5.74, 6) is -0.769. The van der Waals surface area contributed by atoms with Crippen LogP contribution in [0, 0.1) is 0 Å². The molecular formula is C13H19ClO5. The second-order valence-electron chi connectivity index (χ2n) is 5.27. The van der Waals surface area contributed by atoms with Crippen molar-refractivity contribution < 1.29 is 23.8 Å². The number of rotatable bonds is 5. The third-order valence-electron chi connectivity index (χ3n) is 3.72. The molecule has 0 aromatic carbocycles. The molecule has 0 N–H and O–H groups in total. The van der Waals surface area contributed by atoms with Gasteiger partial charge in [-0.25, -0.2) is 0 Å². The van der Waals surface area contributed by atoms with Gasteiger partial charge in [0.25, 0.3) is 0 Å². The minimum atomic E-state index is -0.615. The Morgan fingerprint density at radius 2 is 2.32 bits per heavy atom. The smallest absolute Gasteiger partial charge is 0.320 e. The molecule has 0 radical (unpaired) electrons. The van der Waals surface area contributed by atoms with Gasteiger partial charge in [0, 0.05) is 0 Å². The molecule has 2 heterocycles. The van der Waals surface area contributed by atoms with Gasteiger partial charge >= 0.3 is 11.9 Å². The number of halogens is 1. The van der Waals surface area contributed by atoms with Gasteiger partial charge in [-0.1, -0.05) is 0 Å². The van der Waals surface area contributed by atoms with E-state index < -0.39 is 11.6 Å². The van der Waals surface area contributed by atoms with Crippen LogP contribution >= 0.6 is 11.6 Å². The van der Waals surface area contributed by atoms with Crippen LogP contribution in [0.3, 0.4) is 0 Å². The van der Waals surface area contributed by atoms with Crippen molar-refractivity contribution in [2.45, 2.75) is 56.8 Å². The average molecular weight is 291 g/mol. The van der Waals surface area contributed by atoms with Crippen molar-refractivity contribution in [1.82, 2.24) is 0 Å². The number of carbonyl (C=O) groups is 2. The standard InChI is InChI=1S/C13H19ClO5/c1-13(5-2-6-17-12(16)8-14)10-4-3-9(18-10)7-11(15)19-13/h9-10H,2-8H2,1H3/t9-,10+,13+/m0/s1. The molecule has 2 bridgehead atoms. The maximum atomic E-state index is 11.7. The first-order chi connectivity index (χ1) is 9.03. The lowest BCUT2D eigenvalue weighted by Crippen LogP contribution is -2.42. The van der Waals surface area contributed by atoms with E-state index >= 15 is 0 Å². The number of ether oxygens (including phenoxy) is 3. The van der Waals surface area contributed by atoms with Gasteiger partial charge in [0.2, 0.25) is 0 Å². The summed E-state index contributed by atoms with van der Waals surface area (Å²) < 4.78 is 16.3. The van der Waals surface area contributed by atoms with Gasteiger partial charge in [-0.2, -0.15) is 0 Å². The quantitative estimate of drug-likeness (QED) is 0.439. The van der Waals surface area contributed by atoms with Gasteiger partial charge in [-0.05, 0) is 32.6 Å². The zero-order valence-corrected chi connectivity index (χ0v) is 11.8. The molecular weight excluding hydrogens is 272 g/mol. The lowest BCUT2D eigenvalue weighted by molar-refractivity contribution is -0.165. The normalized spacial score (nSPS) is 33.7. The van der Waals surface area contributed by atoms with Crippen LogP contribution in [-0.4, -0.2) is 42.2 Å². The highest BCUT2D eigenvalue weighted by molar-refractivity contribution is 6.26. The summed E-state index contributed by atoms with van der Waals surface area (Å²) in [4.78, 5) is 22.6. The van der Waals surface area contributed by atoms with Crippen LogP contribution in [0.25, 0.3) is 0 Å². The molecule has 0 spiro atoms. The molecule has 0 amide bonds. The lowest BCUT2D eigenvalue weighted by Gasteiger charge is -2.33. The first kappa shape index (κ1) is 14.6. The Morgan fingerprint density at radius 3 is 3.05 bits per heavy atom. The minimum Gasteiger partial charge on any atom is -0.465 e. The van der Waals surface area contributed by atoms with Gasteiger partial charge < -0.3 is 14.2 Å². The molecule has 2 fully saturated rings. The molecule has 6 heteroatoms. The summed E-state index contributed by atoms with van der Waals surface area (Å²) in [6.45, 7) is 2.18. The molecule has 2 aliphatic rings. The monoisotopic (exact) mass is 290 g/mol. The van der Waals surface area contributed by atoms with Crippen LogP contribution in [0.15, 0.2) is 0 Å². The Labute approximate surface area is 117 Å². The van der Waals surface area contributed by atoms with Crippen molar-refractivity contribution in [1.29, 1.82) is 0 Å². The van der Waals surface area contributed by atoms with Crippen LogP contribution in [-0.2, 0) is 23.8 Å². The highest BCUT2D eigenvalue weighted by Crippen LogP contribution is 2.38. The van der Waals surface area contributed by atoms with Gasteiger partial charge in [-0.3, -0.25) is 9.59 Å². The van der Waals surface area contributed by atoms with E-state index in [1.54, 1.807) is 0 Å². The predicted molar refractivity (Wildman–Crippen MR) is 67.9 cm³/mol. The van der Waals surface area contributed by atoms with Crippen molar-refractivity contribution in [3.05, 3.63) is 0 Å². The first-order valence-corrected chi connectivity index (χ1v) is 7.16. The van der Waals surface area contributed by atoms with E-state index in [2.05, 4.69) is 0 Å². The molecule has 108 valence electrons. The maximum Gasteiger partial charge on any atom is 0.320 e. The Kier molecular flexibility index (Phi) is 4.68. The summed E-state index contributed by atoms with van der Waals surface area (Å²) in [5, 5.41) is 0. The van der Waals surface area contributed by atoms with Crippen LogP contribution in [0.2, 0.25) is 0 Å². The summed E-state index contributed by atoms with van der Waals surface area (Å²) >= 11 is 5.33. The Hall–Kier alpha value is -0.810. The van der Waals surface area contributed by atoms with E-state index in [4.69, 9.17) is 25.8 Å². The van der Waals surface area contributed by atoms with E-state index in [9.17, 15) is 9.59 Å². The average Bonchev–Trinajstić information content (AvgIpc) is 2.78. The van der Waals surface area contributed by atoms with Crippen LogP contribution in [0.1, 0.15) is 39.0 Å². The summed E-state index contributed by atoms with van der Waals surface area (Å²) in [6, 6.07) is 0. The Bertz CT molecular complexity index is 359. The molecule has 0 aliphatic carbocycles. The van der Waals surface area contributed by atoms with Gasteiger partial charge in [0.15, 0.2) is 0 Å². The molecule has 0 aromatic rings. The molecule has 5 nitrogen and oxygen atoms in total. The fourth-order valence-electron chi connectivity index (χ4n) is 2.72. The van der Waals surface area contributed by atoms with E-state index in [1.165, 1.54) is 0 Å². The third kappa shape index (κ3) is 3.60. The molecule has 0 saturated carbocycles. The topological polar surface area (TPSA) is 61.8 Å². The van der Waals surface area contributed by atoms with Crippen LogP contribution in [0.4, 0.5) is 0 Å². The fourth-order valence-corrected chi connectivity index (χ4v) is 2.80. The highest BCUT2D eigenvalue weighted by atomic mass is 35.5. The van der Waals surface area contributed by atoms with E-state index in [0.29, 0.717) is 19.3 Å². The zero-order chi connectivity index (χ0) is 13.9. The summed E-state index contributed by atoms with van der Waals surface area (Å²) in [7, 11) is 0. The van der Waals surface area contributed by atoms with E-state index in [-0.39, 0.29) is 30.7 Å². The Morgan fingerprint density at radius 1 is 1.53 bits per heavy atom. The largest absolute Gasteiger partial charge is 0.465 e. The van der Waals surface area contributed by atoms with Crippen LogP contribution < -0.4 is 0 Å². The second kappa shape index (κ2) is 6.09. The number of esters is 2. The zero-order valence-electron chi connectivity index (χ0n) is 11.0. The molecule has 19 heavy (non-hydrogen) atoms. The van der Waals surface area contributed by atoms with Crippen molar-refractivity contribution >= 4 is 23.5 Å². The fraction of sp³-hybridized carbons (Fsp3) is 0.846. The highest BCUT2D eigenvalue weighted by Gasteiger charge is 2.46. The van der Waals surface area contributed by atoms with Gasteiger partial charge in [0.05, 0.1) is 25.2 Å². The molecule has 0 unspecified atom stereocenters. The number of fused-ring (bicyclic) bond motifs is 2. The molecule has 2 saturated heterocycles. The van der Waals surface area contributed by atoms with Gasteiger partial charge in [-0.15, -0.1) is 11.6 Å². The summed E-state index contributed by atoms with van der Waals surface area (Å²) in [6.07, 6.45) is 3.36. The van der Waals surface area contributed by atoms with E-state index in [0.717, 1.165) is 12.8 Å². The molecule has 2 aliphatic heterocycles.